The van der Waals surface area contributed by atoms with Gasteiger partial charge < -0.3 is 10.4 Å². The van der Waals surface area contributed by atoms with Gasteiger partial charge in [-0.3, -0.25) is 19.6 Å². The normalized spacial score (nSPS) is 19.3. The molecule has 0 unspecified atom stereocenters. The molecular formula is C15H17FN4O3. The number of amides is 2. The Morgan fingerprint density at radius 1 is 1.61 bits per heavy atom. The Balaban J connectivity index is 1.84. The molecule has 0 radical (unpaired) electrons. The third-order valence-corrected chi connectivity index (χ3v) is 3.93. The molecular weight excluding hydrogens is 303 g/mol. The van der Waals surface area contributed by atoms with Crippen LogP contribution in [0, 0.1) is 11.7 Å². The van der Waals surface area contributed by atoms with Crippen LogP contribution in [0.1, 0.15) is 13.3 Å². The molecule has 7 nitrogen and oxygen atoms in total. The monoisotopic (exact) mass is 320 g/mol. The first-order chi connectivity index (χ1) is 11.0. The Hall–Kier alpha value is -2.48. The van der Waals surface area contributed by atoms with Crippen LogP contribution < -0.4 is 10.2 Å². The van der Waals surface area contributed by atoms with Gasteiger partial charge in [-0.1, -0.05) is 6.07 Å². The number of halogens is 1. The van der Waals surface area contributed by atoms with Crippen molar-refractivity contribution in [3.63, 3.8) is 0 Å². The number of anilines is 1. The number of rotatable bonds is 4. The van der Waals surface area contributed by atoms with E-state index in [4.69, 9.17) is 5.11 Å². The minimum absolute atomic E-state index is 0.0345. The molecule has 0 spiro atoms. The summed E-state index contributed by atoms with van der Waals surface area (Å²) in [5.41, 5.74) is 0.495. The molecule has 0 saturated carbocycles. The Kier molecular flexibility index (Phi) is 3.99. The molecule has 2 heterocycles. The Morgan fingerprint density at radius 2 is 2.39 bits per heavy atom. The average molecular weight is 320 g/mol. The molecule has 2 amide bonds. The van der Waals surface area contributed by atoms with Crippen molar-refractivity contribution in [1.82, 2.24) is 15.5 Å². The van der Waals surface area contributed by atoms with Crippen LogP contribution in [0.3, 0.4) is 0 Å². The van der Waals surface area contributed by atoms with Gasteiger partial charge in [-0.15, -0.1) is 0 Å². The second-order valence-corrected chi connectivity index (χ2v) is 5.71. The Bertz CT molecular complexity index is 760. The highest BCUT2D eigenvalue weighted by Gasteiger charge is 2.37. The SMILES string of the molecule is C[C@@H](CO)NC(=O)[C@@H]1CC(=O)N(c2n[nH]c3cccc(F)c23)C1. The maximum atomic E-state index is 14.0. The van der Waals surface area contributed by atoms with Crippen LogP contribution in [0.4, 0.5) is 10.2 Å². The number of aliphatic hydroxyl groups is 1. The van der Waals surface area contributed by atoms with Crippen molar-refractivity contribution in [2.75, 3.05) is 18.1 Å². The lowest BCUT2D eigenvalue weighted by molar-refractivity contribution is -0.127. The second kappa shape index (κ2) is 5.96. The Labute approximate surface area is 131 Å². The van der Waals surface area contributed by atoms with Crippen LogP contribution in [-0.2, 0) is 9.59 Å². The van der Waals surface area contributed by atoms with Crippen LogP contribution in [0.15, 0.2) is 18.2 Å². The maximum absolute atomic E-state index is 14.0. The first-order valence-corrected chi connectivity index (χ1v) is 7.35. The highest BCUT2D eigenvalue weighted by molar-refractivity contribution is 6.05. The van der Waals surface area contributed by atoms with Gasteiger partial charge in [0.15, 0.2) is 5.82 Å². The van der Waals surface area contributed by atoms with Crippen LogP contribution >= 0.6 is 0 Å². The molecule has 1 aliphatic rings. The second-order valence-electron chi connectivity index (χ2n) is 5.71. The lowest BCUT2D eigenvalue weighted by Crippen LogP contribution is -2.40. The van der Waals surface area contributed by atoms with Gasteiger partial charge in [0.05, 0.1) is 23.4 Å². The molecule has 8 heteroatoms. The van der Waals surface area contributed by atoms with Gasteiger partial charge in [-0.05, 0) is 19.1 Å². The fourth-order valence-corrected chi connectivity index (χ4v) is 2.70. The molecule has 1 aromatic carbocycles. The highest BCUT2D eigenvalue weighted by Crippen LogP contribution is 2.31. The predicted octanol–water partition coefficient (Wildman–Crippen LogP) is 0.552. The molecule has 0 bridgehead atoms. The molecule has 1 aliphatic heterocycles. The van der Waals surface area contributed by atoms with Crippen molar-refractivity contribution in [2.45, 2.75) is 19.4 Å². The van der Waals surface area contributed by atoms with Crippen LogP contribution in [-0.4, -0.2) is 46.3 Å². The molecule has 122 valence electrons. The number of benzene rings is 1. The van der Waals surface area contributed by atoms with Gasteiger partial charge in [-0.2, -0.15) is 5.10 Å². The topological polar surface area (TPSA) is 98.3 Å². The number of aromatic nitrogens is 2. The first-order valence-electron chi connectivity index (χ1n) is 7.35. The van der Waals surface area contributed by atoms with Crippen molar-refractivity contribution >= 4 is 28.5 Å². The van der Waals surface area contributed by atoms with Crippen LogP contribution in [0.2, 0.25) is 0 Å². The number of hydrogen-bond acceptors (Lipinski definition) is 4. The van der Waals surface area contributed by atoms with Gasteiger partial charge in [0.1, 0.15) is 5.82 Å². The molecule has 23 heavy (non-hydrogen) atoms. The lowest BCUT2D eigenvalue weighted by atomic mass is 10.1. The van der Waals surface area contributed by atoms with Crippen molar-refractivity contribution in [1.29, 1.82) is 0 Å². The van der Waals surface area contributed by atoms with E-state index >= 15 is 0 Å². The van der Waals surface area contributed by atoms with Crippen molar-refractivity contribution < 1.29 is 19.1 Å². The van der Waals surface area contributed by atoms with Crippen LogP contribution in [0.25, 0.3) is 10.9 Å². The molecule has 2 atom stereocenters. The number of fused-ring (bicyclic) bond motifs is 1. The number of nitrogens with zero attached hydrogens (tertiary/aromatic N) is 2. The summed E-state index contributed by atoms with van der Waals surface area (Å²) in [6, 6.07) is 4.14. The quantitative estimate of drug-likeness (QED) is 0.766. The minimum Gasteiger partial charge on any atom is -0.394 e. The van der Waals surface area contributed by atoms with Gasteiger partial charge in [0.25, 0.3) is 0 Å². The smallest absolute Gasteiger partial charge is 0.229 e. The van der Waals surface area contributed by atoms with Gasteiger partial charge >= 0.3 is 0 Å². The third kappa shape index (κ3) is 2.77. The van der Waals surface area contributed by atoms with Gasteiger partial charge in [0, 0.05) is 19.0 Å². The summed E-state index contributed by atoms with van der Waals surface area (Å²) in [5, 5.41) is 18.6. The fraction of sp³-hybridized carbons (Fsp3) is 0.400. The minimum atomic E-state index is -0.546. The molecule has 0 aliphatic carbocycles. The molecule has 3 rings (SSSR count). The summed E-state index contributed by atoms with van der Waals surface area (Å²) in [7, 11) is 0. The van der Waals surface area contributed by atoms with Crippen LogP contribution in [0.5, 0.6) is 0 Å². The summed E-state index contributed by atoms with van der Waals surface area (Å²) in [6.45, 7) is 1.63. The average Bonchev–Trinajstić information content (AvgIpc) is 3.11. The fourth-order valence-electron chi connectivity index (χ4n) is 2.70. The molecule has 1 fully saturated rings. The predicted molar refractivity (Wildman–Crippen MR) is 81.2 cm³/mol. The van der Waals surface area contributed by atoms with E-state index < -0.39 is 11.7 Å². The van der Waals surface area contributed by atoms with E-state index in [2.05, 4.69) is 15.5 Å². The zero-order valence-corrected chi connectivity index (χ0v) is 12.5. The molecule has 1 aromatic heterocycles. The number of nitrogens with one attached hydrogen (secondary N) is 2. The summed E-state index contributed by atoms with van der Waals surface area (Å²) in [5.74, 6) is -1.40. The summed E-state index contributed by atoms with van der Waals surface area (Å²) < 4.78 is 14.0. The zero-order valence-electron chi connectivity index (χ0n) is 12.5. The standard InChI is InChI=1S/C15H17FN4O3/c1-8(7-21)17-15(23)9-5-12(22)20(6-9)14-13-10(16)3-2-4-11(13)18-19-14/h2-4,8-9,21H,5-7H2,1H3,(H,17,23)(H,18,19)/t8-,9+/m0/s1. The number of hydrogen-bond donors (Lipinski definition) is 3. The first kappa shape index (κ1) is 15.4. The van der Waals surface area contributed by atoms with E-state index in [-0.39, 0.29) is 48.6 Å². The van der Waals surface area contributed by atoms with Crippen molar-refractivity contribution in [3.8, 4) is 0 Å². The number of aromatic amines is 1. The van der Waals surface area contributed by atoms with E-state index in [0.717, 1.165) is 0 Å². The lowest BCUT2D eigenvalue weighted by Gasteiger charge is -2.16. The number of H-pyrrole nitrogens is 1. The number of carbonyl (C=O) groups is 2. The van der Waals surface area contributed by atoms with E-state index in [9.17, 15) is 14.0 Å². The summed E-state index contributed by atoms with van der Waals surface area (Å²) >= 11 is 0. The van der Waals surface area contributed by atoms with E-state index in [1.807, 2.05) is 0 Å². The molecule has 1 saturated heterocycles. The number of carbonyl (C=O) groups excluding carboxylic acids is 2. The number of aliphatic hydroxyl groups excluding tert-OH is 1. The summed E-state index contributed by atoms with van der Waals surface area (Å²) in [4.78, 5) is 25.6. The highest BCUT2D eigenvalue weighted by atomic mass is 19.1. The van der Waals surface area contributed by atoms with E-state index in [1.165, 1.54) is 11.0 Å². The van der Waals surface area contributed by atoms with E-state index in [1.54, 1.807) is 19.1 Å². The zero-order chi connectivity index (χ0) is 16.6. The third-order valence-electron chi connectivity index (χ3n) is 3.93. The van der Waals surface area contributed by atoms with Crippen molar-refractivity contribution in [3.05, 3.63) is 24.0 Å². The Morgan fingerprint density at radius 3 is 3.13 bits per heavy atom. The molecule has 2 aromatic rings. The molecule has 3 N–H and O–H groups in total. The summed E-state index contributed by atoms with van der Waals surface area (Å²) in [6.07, 6.45) is 0.0345. The van der Waals surface area contributed by atoms with Crippen molar-refractivity contribution in [2.24, 2.45) is 5.92 Å². The van der Waals surface area contributed by atoms with Gasteiger partial charge in [-0.25, -0.2) is 4.39 Å². The van der Waals surface area contributed by atoms with E-state index in [0.29, 0.717) is 5.52 Å². The van der Waals surface area contributed by atoms with Gasteiger partial charge in [0.2, 0.25) is 11.8 Å². The maximum Gasteiger partial charge on any atom is 0.229 e. The largest absolute Gasteiger partial charge is 0.394 e.